The van der Waals surface area contributed by atoms with Crippen molar-refractivity contribution in [1.82, 2.24) is 9.97 Å². The van der Waals surface area contributed by atoms with Crippen LogP contribution in [0.5, 0.6) is 11.5 Å². The summed E-state index contributed by atoms with van der Waals surface area (Å²) in [4.78, 5) is 8.58. The number of aryl methyl sites for hydroxylation is 1. The molecule has 0 aliphatic carbocycles. The van der Waals surface area contributed by atoms with E-state index in [0.29, 0.717) is 22.8 Å². The van der Waals surface area contributed by atoms with Gasteiger partial charge in [0.1, 0.15) is 24.6 Å². The van der Waals surface area contributed by atoms with Crippen LogP contribution in [0.15, 0.2) is 67.0 Å². The second kappa shape index (κ2) is 12.2. The molecule has 0 saturated heterocycles. The monoisotopic (exact) mass is 435 g/mol. The second-order valence-electron chi connectivity index (χ2n) is 6.47. The van der Waals surface area contributed by atoms with Crippen LogP contribution in [0, 0.1) is 12.7 Å². The number of rotatable bonds is 5. The molecule has 0 amide bonds. The van der Waals surface area contributed by atoms with Gasteiger partial charge in [0, 0.05) is 17.1 Å². The average molecular weight is 436 g/mol. The van der Waals surface area contributed by atoms with Crippen molar-refractivity contribution in [2.45, 2.75) is 41.2 Å². The first kappa shape index (κ1) is 24.6. The van der Waals surface area contributed by atoms with Gasteiger partial charge < -0.3 is 15.2 Å². The Labute approximate surface area is 188 Å². The number of hydrogen-bond donors (Lipinski definition) is 2. The lowest BCUT2D eigenvalue weighted by Crippen LogP contribution is -1.98. The predicted molar refractivity (Wildman–Crippen MR) is 129 cm³/mol. The number of ether oxygens (including phenoxy) is 1. The number of benzene rings is 3. The van der Waals surface area contributed by atoms with Crippen molar-refractivity contribution in [3.05, 3.63) is 83.9 Å². The highest BCUT2D eigenvalue weighted by Crippen LogP contribution is 2.32. The summed E-state index contributed by atoms with van der Waals surface area (Å²) < 4.78 is 18.8. The van der Waals surface area contributed by atoms with Crippen LogP contribution in [0.3, 0.4) is 0 Å². The molecule has 4 aromatic rings. The van der Waals surface area contributed by atoms with E-state index in [1.54, 1.807) is 30.3 Å². The van der Waals surface area contributed by atoms with Crippen molar-refractivity contribution in [2.24, 2.45) is 0 Å². The lowest BCUT2D eigenvalue weighted by molar-refractivity contribution is 0.288. The highest BCUT2D eigenvalue weighted by atomic mass is 19.1. The van der Waals surface area contributed by atoms with E-state index in [1.165, 1.54) is 18.5 Å². The number of fused-ring (bicyclic) bond motifs is 1. The first-order chi connectivity index (χ1) is 15.6. The second-order valence-corrected chi connectivity index (χ2v) is 6.47. The van der Waals surface area contributed by atoms with Crippen molar-refractivity contribution >= 4 is 22.4 Å². The Morgan fingerprint density at radius 3 is 2.44 bits per heavy atom. The molecule has 0 saturated carbocycles. The Morgan fingerprint density at radius 2 is 1.72 bits per heavy atom. The van der Waals surface area contributed by atoms with Gasteiger partial charge in [-0.1, -0.05) is 51.5 Å². The van der Waals surface area contributed by atoms with E-state index in [4.69, 9.17) is 4.74 Å². The number of phenols is 1. The van der Waals surface area contributed by atoms with Gasteiger partial charge in [0.2, 0.25) is 0 Å². The van der Waals surface area contributed by atoms with Crippen molar-refractivity contribution in [3.63, 3.8) is 0 Å². The zero-order valence-corrected chi connectivity index (χ0v) is 19.2. The van der Waals surface area contributed by atoms with E-state index in [-0.39, 0.29) is 18.2 Å². The Hall–Kier alpha value is -3.67. The summed E-state index contributed by atoms with van der Waals surface area (Å²) in [5.41, 5.74) is 3.29. The Balaban J connectivity index is 0.000000860. The minimum atomic E-state index is -0.322. The van der Waals surface area contributed by atoms with Gasteiger partial charge >= 0.3 is 0 Å². The topological polar surface area (TPSA) is 67.3 Å². The third-order valence-corrected chi connectivity index (χ3v) is 4.30. The molecule has 6 heteroatoms. The van der Waals surface area contributed by atoms with Gasteiger partial charge in [-0.15, -0.1) is 0 Å². The predicted octanol–water partition coefficient (Wildman–Crippen LogP) is 7.16. The summed E-state index contributed by atoms with van der Waals surface area (Å²) >= 11 is 0. The van der Waals surface area contributed by atoms with E-state index in [0.717, 1.165) is 16.5 Å². The molecule has 0 fully saturated rings. The molecule has 1 aromatic heterocycles. The minimum absolute atomic E-state index is 0.0176. The van der Waals surface area contributed by atoms with Gasteiger partial charge in [0.25, 0.3) is 0 Å². The number of aromatic nitrogens is 2. The van der Waals surface area contributed by atoms with Gasteiger partial charge in [-0.25, -0.2) is 14.4 Å². The standard InChI is InChI=1S/C22H18FN3O2.2C2H6/c1-14-5-7-19-18(9-14)22(25-13-24-19)26-17-6-8-21(20(27)11-17)28-12-15-3-2-4-16(23)10-15;2*1-2/h2-11,13,27H,12H2,1H3,(H,24,25,26);2*1-2H3. The molecule has 4 rings (SSSR count). The molecule has 0 spiro atoms. The summed E-state index contributed by atoms with van der Waals surface area (Å²) in [5.74, 6) is 0.632. The lowest BCUT2D eigenvalue weighted by Gasteiger charge is -2.12. The van der Waals surface area contributed by atoms with Gasteiger partial charge in [-0.05, 0) is 48.9 Å². The fourth-order valence-electron chi connectivity index (χ4n) is 2.91. The summed E-state index contributed by atoms with van der Waals surface area (Å²) in [5, 5.41) is 14.4. The Kier molecular flexibility index (Phi) is 9.42. The van der Waals surface area contributed by atoms with Gasteiger partial charge in [0.15, 0.2) is 11.5 Å². The van der Waals surface area contributed by atoms with Crippen LogP contribution in [-0.2, 0) is 6.61 Å². The van der Waals surface area contributed by atoms with Gasteiger partial charge in [0.05, 0.1) is 5.52 Å². The third-order valence-electron chi connectivity index (χ3n) is 4.30. The molecule has 0 aliphatic rings. The first-order valence-electron chi connectivity index (χ1n) is 10.8. The molecule has 32 heavy (non-hydrogen) atoms. The Morgan fingerprint density at radius 1 is 0.938 bits per heavy atom. The molecule has 1 heterocycles. The first-order valence-corrected chi connectivity index (χ1v) is 10.8. The summed E-state index contributed by atoms with van der Waals surface area (Å²) in [7, 11) is 0. The molecule has 2 N–H and O–H groups in total. The third kappa shape index (κ3) is 6.41. The van der Waals surface area contributed by atoms with E-state index < -0.39 is 0 Å². The van der Waals surface area contributed by atoms with Crippen LogP contribution in [0.2, 0.25) is 0 Å². The maximum atomic E-state index is 13.2. The number of nitrogens with one attached hydrogen (secondary N) is 1. The molecule has 0 bridgehead atoms. The molecule has 0 atom stereocenters. The smallest absolute Gasteiger partial charge is 0.161 e. The van der Waals surface area contributed by atoms with Crippen molar-refractivity contribution in [3.8, 4) is 11.5 Å². The number of halogens is 1. The molecule has 0 radical (unpaired) electrons. The molecular weight excluding hydrogens is 405 g/mol. The zero-order valence-electron chi connectivity index (χ0n) is 19.2. The fraction of sp³-hybridized carbons (Fsp3) is 0.231. The summed E-state index contributed by atoms with van der Waals surface area (Å²) in [6.07, 6.45) is 1.50. The number of nitrogens with zero attached hydrogens (tertiary/aromatic N) is 2. The van der Waals surface area contributed by atoms with Gasteiger partial charge in [-0.2, -0.15) is 0 Å². The van der Waals surface area contributed by atoms with Gasteiger partial charge in [-0.3, -0.25) is 0 Å². The highest BCUT2D eigenvalue weighted by molar-refractivity contribution is 5.91. The van der Waals surface area contributed by atoms with E-state index >= 15 is 0 Å². The maximum Gasteiger partial charge on any atom is 0.161 e. The SMILES string of the molecule is CC.CC.Cc1ccc2ncnc(Nc3ccc(OCc4cccc(F)c4)c(O)c3)c2c1. The summed E-state index contributed by atoms with van der Waals surface area (Å²) in [6.45, 7) is 10.2. The highest BCUT2D eigenvalue weighted by Gasteiger charge is 2.08. The van der Waals surface area contributed by atoms with Crippen LogP contribution < -0.4 is 10.1 Å². The van der Waals surface area contributed by atoms with E-state index in [1.807, 2.05) is 52.8 Å². The normalized spacial score (nSPS) is 9.81. The van der Waals surface area contributed by atoms with Crippen LogP contribution in [0.25, 0.3) is 10.9 Å². The number of anilines is 2. The van der Waals surface area contributed by atoms with E-state index in [9.17, 15) is 9.50 Å². The largest absolute Gasteiger partial charge is 0.504 e. The zero-order chi connectivity index (χ0) is 23.5. The lowest BCUT2D eigenvalue weighted by atomic mass is 10.1. The van der Waals surface area contributed by atoms with Crippen molar-refractivity contribution in [1.29, 1.82) is 0 Å². The summed E-state index contributed by atoms with van der Waals surface area (Å²) in [6, 6.07) is 17.1. The molecular formula is C26H30FN3O2. The molecule has 168 valence electrons. The molecule has 5 nitrogen and oxygen atoms in total. The number of aromatic hydroxyl groups is 1. The Bertz CT molecular complexity index is 1150. The van der Waals surface area contributed by atoms with Crippen molar-refractivity contribution in [2.75, 3.05) is 5.32 Å². The maximum absolute atomic E-state index is 13.2. The molecule has 0 unspecified atom stereocenters. The van der Waals surface area contributed by atoms with Crippen LogP contribution in [0.1, 0.15) is 38.8 Å². The fourth-order valence-corrected chi connectivity index (χ4v) is 2.91. The van der Waals surface area contributed by atoms with Crippen LogP contribution >= 0.6 is 0 Å². The average Bonchev–Trinajstić information content (AvgIpc) is 2.82. The molecule has 0 aliphatic heterocycles. The minimum Gasteiger partial charge on any atom is -0.504 e. The molecule has 3 aromatic carbocycles. The number of phenolic OH excluding ortho intramolecular Hbond substituents is 1. The quantitative estimate of drug-likeness (QED) is 0.348. The number of hydrogen-bond acceptors (Lipinski definition) is 5. The van der Waals surface area contributed by atoms with E-state index in [2.05, 4.69) is 15.3 Å². The van der Waals surface area contributed by atoms with Crippen LogP contribution in [-0.4, -0.2) is 15.1 Å². The van der Waals surface area contributed by atoms with Crippen molar-refractivity contribution < 1.29 is 14.2 Å². The van der Waals surface area contributed by atoms with Crippen LogP contribution in [0.4, 0.5) is 15.9 Å².